The first-order chi connectivity index (χ1) is 11.5. The van der Waals surface area contributed by atoms with Crippen LogP contribution in [-0.4, -0.2) is 55.2 Å². The van der Waals surface area contributed by atoms with Gasteiger partial charge < -0.3 is 19.9 Å². The molecular formula is C17H25ClN2O5. The Morgan fingerprint density at radius 1 is 1.32 bits per heavy atom. The van der Waals surface area contributed by atoms with Gasteiger partial charge in [-0.3, -0.25) is 14.5 Å². The summed E-state index contributed by atoms with van der Waals surface area (Å²) < 4.78 is 10.4. The van der Waals surface area contributed by atoms with Crippen molar-refractivity contribution in [1.29, 1.82) is 0 Å². The Balaban J connectivity index is 0.00000312. The number of nitrogens with one attached hydrogen (secondary N) is 1. The number of hydrogen-bond acceptors (Lipinski definition) is 5. The van der Waals surface area contributed by atoms with Gasteiger partial charge in [-0.15, -0.1) is 12.4 Å². The van der Waals surface area contributed by atoms with Crippen molar-refractivity contribution in [3.05, 3.63) is 18.2 Å². The molecule has 0 aromatic heterocycles. The first kappa shape index (κ1) is 21.1. The molecule has 1 saturated heterocycles. The molecule has 0 radical (unpaired) electrons. The number of methoxy groups -OCH3 is 2. The molecule has 0 spiro atoms. The average molecular weight is 373 g/mol. The Morgan fingerprint density at radius 2 is 2.04 bits per heavy atom. The van der Waals surface area contributed by atoms with Crippen molar-refractivity contribution >= 4 is 30.0 Å². The SMILES string of the molecule is COc1ccc(NC(=O)C(C)N2CCCC(C(=O)O)C2)c(OC)c1.Cl. The van der Waals surface area contributed by atoms with Gasteiger partial charge in [-0.05, 0) is 38.4 Å². The second kappa shape index (κ2) is 9.48. The number of nitrogens with zero attached hydrogens (tertiary/aromatic N) is 1. The first-order valence-electron chi connectivity index (χ1n) is 7.96. The molecule has 0 aliphatic carbocycles. The van der Waals surface area contributed by atoms with Crippen molar-refractivity contribution in [2.45, 2.75) is 25.8 Å². The lowest BCUT2D eigenvalue weighted by Gasteiger charge is -2.34. The van der Waals surface area contributed by atoms with E-state index < -0.39 is 17.9 Å². The van der Waals surface area contributed by atoms with E-state index in [0.29, 0.717) is 30.2 Å². The zero-order valence-electron chi connectivity index (χ0n) is 14.7. The number of amides is 1. The number of piperidine rings is 1. The molecule has 1 fully saturated rings. The number of hydrogen-bond donors (Lipinski definition) is 2. The maximum Gasteiger partial charge on any atom is 0.307 e. The van der Waals surface area contributed by atoms with Gasteiger partial charge in [0.2, 0.25) is 5.91 Å². The largest absolute Gasteiger partial charge is 0.497 e. The molecule has 1 amide bonds. The minimum absolute atomic E-state index is 0. The smallest absolute Gasteiger partial charge is 0.307 e. The van der Waals surface area contributed by atoms with Gasteiger partial charge in [0.05, 0.1) is 31.9 Å². The fourth-order valence-electron chi connectivity index (χ4n) is 2.86. The van der Waals surface area contributed by atoms with Crippen LogP contribution in [0.3, 0.4) is 0 Å². The molecule has 1 aliphatic rings. The van der Waals surface area contributed by atoms with Crippen LogP contribution in [0.2, 0.25) is 0 Å². The number of benzene rings is 1. The number of carbonyl (C=O) groups is 2. The molecule has 1 aromatic carbocycles. The standard InChI is InChI=1S/C17H24N2O5.ClH/c1-11(19-8-4-5-12(10-19)17(21)22)16(20)18-14-7-6-13(23-2)9-15(14)24-3;/h6-7,9,11-12H,4-5,8,10H2,1-3H3,(H,18,20)(H,21,22);1H. The molecule has 2 rings (SSSR count). The van der Waals surface area contributed by atoms with Crippen LogP contribution in [0.1, 0.15) is 19.8 Å². The van der Waals surface area contributed by atoms with Crippen LogP contribution < -0.4 is 14.8 Å². The lowest BCUT2D eigenvalue weighted by atomic mass is 9.97. The topological polar surface area (TPSA) is 88.1 Å². The fourth-order valence-corrected chi connectivity index (χ4v) is 2.86. The van der Waals surface area contributed by atoms with E-state index >= 15 is 0 Å². The number of carbonyl (C=O) groups excluding carboxylic acids is 1. The van der Waals surface area contributed by atoms with Crippen LogP contribution in [0.25, 0.3) is 0 Å². The number of aliphatic carboxylic acids is 1. The number of carboxylic acid groups (broad SMARTS) is 1. The van der Waals surface area contributed by atoms with Gasteiger partial charge in [-0.25, -0.2) is 0 Å². The highest BCUT2D eigenvalue weighted by molar-refractivity contribution is 5.96. The van der Waals surface area contributed by atoms with E-state index in [1.165, 1.54) is 7.11 Å². The van der Waals surface area contributed by atoms with Crippen molar-refractivity contribution in [3.8, 4) is 11.5 Å². The molecule has 7 nitrogen and oxygen atoms in total. The summed E-state index contributed by atoms with van der Waals surface area (Å²) in [7, 11) is 3.08. The van der Waals surface area contributed by atoms with Gasteiger partial charge in [0.15, 0.2) is 0 Å². The van der Waals surface area contributed by atoms with E-state index in [-0.39, 0.29) is 18.3 Å². The lowest BCUT2D eigenvalue weighted by Crippen LogP contribution is -2.48. The van der Waals surface area contributed by atoms with Crippen LogP contribution in [0, 0.1) is 5.92 Å². The molecule has 2 atom stereocenters. The van der Waals surface area contributed by atoms with E-state index in [1.807, 2.05) is 4.90 Å². The van der Waals surface area contributed by atoms with Gasteiger partial charge in [-0.2, -0.15) is 0 Å². The summed E-state index contributed by atoms with van der Waals surface area (Å²) in [6.45, 7) is 2.90. The summed E-state index contributed by atoms with van der Waals surface area (Å²) in [6, 6.07) is 4.74. The lowest BCUT2D eigenvalue weighted by molar-refractivity contribution is -0.144. The summed E-state index contributed by atoms with van der Waals surface area (Å²) in [5, 5.41) is 12.0. The van der Waals surface area contributed by atoms with E-state index in [4.69, 9.17) is 9.47 Å². The predicted octanol–water partition coefficient (Wildman–Crippen LogP) is 2.25. The second-order valence-electron chi connectivity index (χ2n) is 5.90. The quantitative estimate of drug-likeness (QED) is 0.796. The summed E-state index contributed by atoms with van der Waals surface area (Å²) in [6.07, 6.45) is 1.44. The molecule has 1 aromatic rings. The zero-order chi connectivity index (χ0) is 17.7. The number of anilines is 1. The predicted molar refractivity (Wildman–Crippen MR) is 96.8 cm³/mol. The molecule has 25 heavy (non-hydrogen) atoms. The number of halogens is 1. The highest BCUT2D eigenvalue weighted by atomic mass is 35.5. The summed E-state index contributed by atoms with van der Waals surface area (Å²) in [5.74, 6) is -0.256. The van der Waals surface area contributed by atoms with Crippen molar-refractivity contribution < 1.29 is 24.2 Å². The first-order valence-corrected chi connectivity index (χ1v) is 7.96. The third-order valence-corrected chi connectivity index (χ3v) is 4.40. The summed E-state index contributed by atoms with van der Waals surface area (Å²) >= 11 is 0. The van der Waals surface area contributed by atoms with Crippen LogP contribution in [0.15, 0.2) is 18.2 Å². The van der Waals surface area contributed by atoms with E-state index in [1.54, 1.807) is 32.2 Å². The van der Waals surface area contributed by atoms with Crippen LogP contribution in [0.4, 0.5) is 5.69 Å². The Bertz CT molecular complexity index is 611. The van der Waals surface area contributed by atoms with Crippen LogP contribution in [-0.2, 0) is 9.59 Å². The number of likely N-dealkylation sites (tertiary alicyclic amines) is 1. The van der Waals surface area contributed by atoms with Crippen LogP contribution >= 0.6 is 12.4 Å². The Morgan fingerprint density at radius 3 is 2.64 bits per heavy atom. The molecule has 8 heteroatoms. The molecule has 2 unspecified atom stereocenters. The molecule has 2 N–H and O–H groups in total. The maximum atomic E-state index is 12.5. The minimum Gasteiger partial charge on any atom is -0.497 e. The Kier molecular flexibility index (Phi) is 7.99. The molecule has 140 valence electrons. The van der Waals surface area contributed by atoms with Gasteiger partial charge in [0.25, 0.3) is 0 Å². The zero-order valence-corrected chi connectivity index (χ0v) is 15.5. The molecule has 0 bridgehead atoms. The normalized spacial score (nSPS) is 18.6. The monoisotopic (exact) mass is 372 g/mol. The fraction of sp³-hybridized carbons (Fsp3) is 0.529. The molecule has 0 saturated carbocycles. The minimum atomic E-state index is -0.802. The number of carboxylic acids is 1. The third-order valence-electron chi connectivity index (χ3n) is 4.40. The third kappa shape index (κ3) is 5.24. The van der Waals surface area contributed by atoms with E-state index in [2.05, 4.69) is 5.32 Å². The Hall–Kier alpha value is -1.99. The van der Waals surface area contributed by atoms with Gasteiger partial charge >= 0.3 is 5.97 Å². The summed E-state index contributed by atoms with van der Waals surface area (Å²) in [4.78, 5) is 25.6. The van der Waals surface area contributed by atoms with Gasteiger partial charge in [-0.1, -0.05) is 0 Å². The van der Waals surface area contributed by atoms with E-state index in [9.17, 15) is 14.7 Å². The average Bonchev–Trinajstić information content (AvgIpc) is 2.61. The molecule has 1 heterocycles. The maximum absolute atomic E-state index is 12.5. The van der Waals surface area contributed by atoms with Crippen molar-refractivity contribution in [2.24, 2.45) is 5.92 Å². The van der Waals surface area contributed by atoms with Crippen LogP contribution in [0.5, 0.6) is 11.5 Å². The number of ether oxygens (including phenoxy) is 2. The highest BCUT2D eigenvalue weighted by Crippen LogP contribution is 2.29. The van der Waals surface area contributed by atoms with Gasteiger partial charge in [0.1, 0.15) is 11.5 Å². The highest BCUT2D eigenvalue weighted by Gasteiger charge is 2.30. The van der Waals surface area contributed by atoms with Crippen molar-refractivity contribution in [3.63, 3.8) is 0 Å². The van der Waals surface area contributed by atoms with Gasteiger partial charge in [0, 0.05) is 12.6 Å². The van der Waals surface area contributed by atoms with Crippen molar-refractivity contribution in [1.82, 2.24) is 4.90 Å². The van der Waals surface area contributed by atoms with E-state index in [0.717, 1.165) is 13.0 Å². The van der Waals surface area contributed by atoms with Crippen molar-refractivity contribution in [2.75, 3.05) is 32.6 Å². The Labute approximate surface area is 153 Å². The number of rotatable bonds is 6. The second-order valence-corrected chi connectivity index (χ2v) is 5.90. The molecular weight excluding hydrogens is 348 g/mol. The molecule has 1 aliphatic heterocycles. The summed E-state index contributed by atoms with van der Waals surface area (Å²) in [5.41, 5.74) is 0.557.